The molecule has 0 amide bonds. The quantitative estimate of drug-likeness (QED) is 0.878. The van der Waals surface area contributed by atoms with E-state index in [0.29, 0.717) is 6.42 Å². The van der Waals surface area contributed by atoms with Crippen LogP contribution in [0.2, 0.25) is 0 Å². The van der Waals surface area contributed by atoms with Crippen LogP contribution in [0.15, 0.2) is 29.2 Å². The third kappa shape index (κ3) is 2.48. The SMILES string of the molecule is COC1CC(NS(=O)(=O)c2ccccc2O)C1(C)C. The first-order chi connectivity index (χ1) is 8.79. The summed E-state index contributed by atoms with van der Waals surface area (Å²) in [5.74, 6) is -0.240. The van der Waals surface area contributed by atoms with Crippen LogP contribution in [-0.4, -0.2) is 32.8 Å². The number of phenolic OH excluding ortho intramolecular Hbond substituents is 1. The van der Waals surface area contributed by atoms with Crippen molar-refractivity contribution in [3.8, 4) is 5.75 Å². The first kappa shape index (κ1) is 14.3. The largest absolute Gasteiger partial charge is 0.507 e. The molecule has 2 N–H and O–H groups in total. The molecular weight excluding hydrogens is 266 g/mol. The number of phenols is 1. The highest BCUT2D eigenvalue weighted by atomic mass is 32.2. The molecule has 1 saturated carbocycles. The maximum absolute atomic E-state index is 12.2. The fraction of sp³-hybridized carbons (Fsp3) is 0.538. The predicted molar refractivity (Wildman–Crippen MR) is 71.4 cm³/mol. The molecule has 1 fully saturated rings. The lowest BCUT2D eigenvalue weighted by Gasteiger charge is -2.50. The molecule has 6 heteroatoms. The van der Waals surface area contributed by atoms with Crippen molar-refractivity contribution >= 4 is 10.0 Å². The lowest BCUT2D eigenvalue weighted by molar-refractivity contribution is -0.0908. The fourth-order valence-electron chi connectivity index (χ4n) is 2.42. The Morgan fingerprint density at radius 3 is 2.53 bits per heavy atom. The average molecular weight is 285 g/mol. The molecule has 0 spiro atoms. The molecule has 0 heterocycles. The van der Waals surface area contributed by atoms with Gasteiger partial charge in [-0.1, -0.05) is 26.0 Å². The summed E-state index contributed by atoms with van der Waals surface area (Å²) in [5, 5.41) is 9.63. The molecular formula is C13H19NO4S. The second kappa shape index (κ2) is 4.77. The van der Waals surface area contributed by atoms with E-state index in [-0.39, 0.29) is 28.2 Å². The van der Waals surface area contributed by atoms with Gasteiger partial charge in [0.15, 0.2) is 0 Å². The molecule has 2 unspecified atom stereocenters. The van der Waals surface area contributed by atoms with E-state index >= 15 is 0 Å². The van der Waals surface area contributed by atoms with Gasteiger partial charge >= 0.3 is 0 Å². The number of para-hydroxylation sites is 1. The van der Waals surface area contributed by atoms with Gasteiger partial charge in [-0.25, -0.2) is 13.1 Å². The highest BCUT2D eigenvalue weighted by molar-refractivity contribution is 7.89. The minimum atomic E-state index is -3.71. The van der Waals surface area contributed by atoms with Crippen LogP contribution in [0.25, 0.3) is 0 Å². The van der Waals surface area contributed by atoms with Gasteiger partial charge in [-0.05, 0) is 18.6 Å². The number of rotatable bonds is 4. The summed E-state index contributed by atoms with van der Waals surface area (Å²) in [4.78, 5) is -0.0910. The molecule has 0 aromatic heterocycles. The lowest BCUT2D eigenvalue weighted by atomic mass is 9.65. The Hall–Kier alpha value is -1.11. The molecule has 2 rings (SSSR count). The predicted octanol–water partition coefficient (Wildman–Crippen LogP) is 1.48. The van der Waals surface area contributed by atoms with Crippen LogP contribution in [0.3, 0.4) is 0 Å². The molecule has 1 aromatic carbocycles. The third-order valence-corrected chi connectivity index (χ3v) is 5.43. The number of hydrogen-bond acceptors (Lipinski definition) is 4. The highest BCUT2D eigenvalue weighted by Gasteiger charge is 2.50. The normalized spacial score (nSPS) is 25.8. The molecule has 19 heavy (non-hydrogen) atoms. The zero-order valence-electron chi connectivity index (χ0n) is 11.3. The summed E-state index contributed by atoms with van der Waals surface area (Å²) >= 11 is 0. The first-order valence-corrected chi connectivity index (χ1v) is 7.60. The van der Waals surface area contributed by atoms with Gasteiger partial charge in [0.2, 0.25) is 10.0 Å². The maximum atomic E-state index is 12.2. The summed E-state index contributed by atoms with van der Waals surface area (Å²) < 4.78 is 32.4. The van der Waals surface area contributed by atoms with Gasteiger partial charge in [0.05, 0.1) is 6.10 Å². The Morgan fingerprint density at radius 1 is 1.37 bits per heavy atom. The van der Waals surface area contributed by atoms with Crippen LogP contribution in [0.5, 0.6) is 5.75 Å². The molecule has 0 saturated heterocycles. The topological polar surface area (TPSA) is 75.6 Å². The Kier molecular flexibility index (Phi) is 3.59. The molecule has 106 valence electrons. The summed E-state index contributed by atoms with van der Waals surface area (Å²) in [6.45, 7) is 3.92. The Balaban J connectivity index is 2.19. The summed E-state index contributed by atoms with van der Waals surface area (Å²) in [6.07, 6.45) is 0.681. The molecule has 2 atom stereocenters. The molecule has 0 radical (unpaired) electrons. The third-order valence-electron chi connectivity index (χ3n) is 3.91. The number of methoxy groups -OCH3 is 1. The molecule has 1 aromatic rings. The monoisotopic (exact) mass is 285 g/mol. The molecule has 0 aliphatic heterocycles. The van der Waals surface area contributed by atoms with Gasteiger partial charge in [0.1, 0.15) is 10.6 Å². The lowest BCUT2D eigenvalue weighted by Crippen LogP contribution is -2.61. The van der Waals surface area contributed by atoms with Crippen molar-refractivity contribution < 1.29 is 18.3 Å². The zero-order valence-corrected chi connectivity index (χ0v) is 12.1. The number of sulfonamides is 1. The standard InChI is InChI=1S/C13H19NO4S/c1-13(2)11(8-12(13)18-3)14-19(16,17)10-7-5-4-6-9(10)15/h4-7,11-12,14-15H,8H2,1-3H3. The van der Waals surface area contributed by atoms with E-state index in [9.17, 15) is 13.5 Å². The van der Waals surface area contributed by atoms with Gasteiger partial charge in [0, 0.05) is 18.6 Å². The molecule has 5 nitrogen and oxygen atoms in total. The van der Waals surface area contributed by atoms with Crippen molar-refractivity contribution in [2.75, 3.05) is 7.11 Å². The van der Waals surface area contributed by atoms with Crippen LogP contribution in [0.4, 0.5) is 0 Å². The van der Waals surface area contributed by atoms with Gasteiger partial charge in [-0.15, -0.1) is 0 Å². The molecule has 1 aliphatic rings. The molecule has 1 aliphatic carbocycles. The summed E-state index contributed by atoms with van der Waals surface area (Å²) in [5.41, 5.74) is -0.258. The van der Waals surface area contributed by atoms with E-state index in [0.717, 1.165) is 0 Å². The van der Waals surface area contributed by atoms with Crippen molar-refractivity contribution in [3.05, 3.63) is 24.3 Å². The van der Waals surface area contributed by atoms with Gasteiger partial charge < -0.3 is 9.84 Å². The van der Waals surface area contributed by atoms with Gasteiger partial charge in [0.25, 0.3) is 0 Å². The Labute approximate surface area is 113 Å². The summed E-state index contributed by atoms with van der Waals surface area (Å²) in [7, 11) is -2.08. The Bertz CT molecular complexity index is 568. The number of hydrogen-bond donors (Lipinski definition) is 2. The van der Waals surface area contributed by atoms with Crippen molar-refractivity contribution in [1.82, 2.24) is 4.72 Å². The smallest absolute Gasteiger partial charge is 0.244 e. The maximum Gasteiger partial charge on any atom is 0.244 e. The van der Waals surface area contributed by atoms with E-state index in [2.05, 4.69) is 4.72 Å². The van der Waals surface area contributed by atoms with E-state index in [4.69, 9.17) is 4.74 Å². The van der Waals surface area contributed by atoms with E-state index in [1.54, 1.807) is 19.2 Å². The van der Waals surface area contributed by atoms with Crippen molar-refractivity contribution in [3.63, 3.8) is 0 Å². The fourth-order valence-corrected chi connectivity index (χ4v) is 3.92. The van der Waals surface area contributed by atoms with Gasteiger partial charge in [-0.3, -0.25) is 0 Å². The van der Waals surface area contributed by atoms with Crippen LogP contribution < -0.4 is 4.72 Å². The molecule has 0 bridgehead atoms. The van der Waals surface area contributed by atoms with Crippen LogP contribution in [0, 0.1) is 5.41 Å². The van der Waals surface area contributed by atoms with Crippen molar-refractivity contribution in [2.45, 2.75) is 37.3 Å². The van der Waals surface area contributed by atoms with Crippen LogP contribution in [-0.2, 0) is 14.8 Å². The number of benzene rings is 1. The van der Waals surface area contributed by atoms with Crippen molar-refractivity contribution in [1.29, 1.82) is 0 Å². The van der Waals surface area contributed by atoms with Crippen molar-refractivity contribution in [2.24, 2.45) is 5.41 Å². The number of ether oxygens (including phenoxy) is 1. The number of aromatic hydroxyl groups is 1. The van der Waals surface area contributed by atoms with E-state index in [1.807, 2.05) is 13.8 Å². The first-order valence-electron chi connectivity index (χ1n) is 6.12. The Morgan fingerprint density at radius 2 is 2.00 bits per heavy atom. The number of nitrogens with one attached hydrogen (secondary N) is 1. The highest BCUT2D eigenvalue weighted by Crippen LogP contribution is 2.43. The minimum absolute atomic E-state index is 0.0459. The second-order valence-electron chi connectivity index (χ2n) is 5.42. The summed E-state index contributed by atoms with van der Waals surface area (Å²) in [6, 6.07) is 5.72. The van der Waals surface area contributed by atoms with E-state index in [1.165, 1.54) is 12.1 Å². The van der Waals surface area contributed by atoms with Crippen LogP contribution in [0.1, 0.15) is 20.3 Å². The van der Waals surface area contributed by atoms with Gasteiger partial charge in [-0.2, -0.15) is 0 Å². The average Bonchev–Trinajstić information content (AvgIpc) is 2.34. The minimum Gasteiger partial charge on any atom is -0.507 e. The zero-order chi connectivity index (χ0) is 14.3. The van der Waals surface area contributed by atoms with Crippen LogP contribution >= 0.6 is 0 Å². The van der Waals surface area contributed by atoms with E-state index < -0.39 is 10.0 Å². The second-order valence-corrected chi connectivity index (χ2v) is 7.11.